The average molecular weight is 460 g/mol. The number of carbonyl (C=O) groups is 1. The number of allylic oxidation sites excluding steroid dienone is 1. The molecular formula is C22H19ClFN3O3S. The quantitative estimate of drug-likeness (QED) is 0.714. The second-order valence-electron chi connectivity index (χ2n) is 7.02. The third-order valence-corrected chi connectivity index (χ3v) is 7.11. The Bertz CT molecular complexity index is 1220. The van der Waals surface area contributed by atoms with Gasteiger partial charge >= 0.3 is 0 Å². The van der Waals surface area contributed by atoms with Crippen molar-refractivity contribution in [1.82, 2.24) is 15.2 Å². The van der Waals surface area contributed by atoms with E-state index < -0.39 is 27.8 Å². The van der Waals surface area contributed by atoms with Crippen molar-refractivity contribution in [1.29, 1.82) is 0 Å². The van der Waals surface area contributed by atoms with Crippen LogP contribution in [0, 0.1) is 5.82 Å². The highest BCUT2D eigenvalue weighted by atomic mass is 35.5. The molecule has 0 aromatic heterocycles. The molecule has 2 N–H and O–H groups in total. The van der Waals surface area contributed by atoms with Crippen molar-refractivity contribution in [2.75, 3.05) is 0 Å². The Kier molecular flexibility index (Phi) is 5.70. The maximum atomic E-state index is 14.0. The summed E-state index contributed by atoms with van der Waals surface area (Å²) in [6, 6.07) is 9.99. The Balaban J connectivity index is 1.59. The minimum absolute atomic E-state index is 0.0132. The maximum Gasteiger partial charge on any atom is 0.260 e. The molecule has 1 amide bonds. The number of fused-ring (bicyclic) bond motifs is 1. The van der Waals surface area contributed by atoms with Crippen LogP contribution in [0.5, 0.6) is 0 Å². The zero-order valence-corrected chi connectivity index (χ0v) is 18.0. The van der Waals surface area contributed by atoms with E-state index in [2.05, 4.69) is 10.7 Å². The van der Waals surface area contributed by atoms with Crippen LogP contribution in [-0.2, 0) is 16.4 Å². The average Bonchev–Trinajstić information content (AvgIpc) is 3.18. The normalized spacial score (nSPS) is 18.1. The Morgan fingerprint density at radius 2 is 1.94 bits per heavy atom. The number of nitrogens with zero attached hydrogens (tertiary/aromatic N) is 1. The lowest BCUT2D eigenvalue weighted by molar-refractivity contribution is 0.0963. The van der Waals surface area contributed by atoms with E-state index in [4.69, 9.17) is 11.6 Å². The van der Waals surface area contributed by atoms with Crippen LogP contribution >= 0.6 is 11.6 Å². The van der Waals surface area contributed by atoms with E-state index in [1.807, 2.05) is 6.92 Å². The van der Waals surface area contributed by atoms with Gasteiger partial charge in [-0.25, -0.2) is 12.8 Å². The van der Waals surface area contributed by atoms with Gasteiger partial charge in [-0.15, -0.1) is 4.41 Å². The van der Waals surface area contributed by atoms with Crippen molar-refractivity contribution >= 4 is 27.5 Å². The van der Waals surface area contributed by atoms with Gasteiger partial charge < -0.3 is 10.7 Å². The molecule has 4 rings (SSSR count). The minimum Gasteiger partial charge on any atom is -0.322 e. The third-order valence-electron chi connectivity index (χ3n) is 5.08. The standard InChI is InChI=1S/C22H19ClFN3O3S/c1-2-14-6-10-17(11-7-14)31(29,30)27-20-12-16(9-8-15(20)13-25-27)26-22(28)21-18(23)4-3-5-19(21)24/h3-13,20,25H,2H2,1H3,(H,26,28). The highest BCUT2D eigenvalue weighted by Crippen LogP contribution is 2.29. The molecule has 2 aromatic rings. The number of hydrogen-bond donors (Lipinski definition) is 2. The van der Waals surface area contributed by atoms with Crippen LogP contribution in [0.2, 0.25) is 5.02 Å². The number of hydrogen-bond acceptors (Lipinski definition) is 4. The fourth-order valence-corrected chi connectivity index (χ4v) is 5.01. The van der Waals surface area contributed by atoms with Crippen LogP contribution < -0.4 is 10.7 Å². The maximum absolute atomic E-state index is 14.0. The molecular weight excluding hydrogens is 441 g/mol. The van der Waals surface area contributed by atoms with Gasteiger partial charge in [-0.1, -0.05) is 42.8 Å². The van der Waals surface area contributed by atoms with Gasteiger partial charge in [-0.3, -0.25) is 4.79 Å². The van der Waals surface area contributed by atoms with Crippen LogP contribution in [0.1, 0.15) is 22.8 Å². The van der Waals surface area contributed by atoms with E-state index in [0.717, 1.165) is 22.5 Å². The summed E-state index contributed by atoms with van der Waals surface area (Å²) in [5.41, 5.74) is 4.58. The molecule has 2 aliphatic rings. The van der Waals surface area contributed by atoms with Crippen molar-refractivity contribution < 1.29 is 17.6 Å². The minimum atomic E-state index is -3.85. The summed E-state index contributed by atoms with van der Waals surface area (Å²) in [6.07, 6.45) is 7.27. The molecule has 1 aliphatic heterocycles. The van der Waals surface area contributed by atoms with Crippen molar-refractivity contribution in [2.24, 2.45) is 0 Å². The lowest BCUT2D eigenvalue weighted by atomic mass is 10.0. The number of hydrazine groups is 1. The van der Waals surface area contributed by atoms with E-state index in [1.54, 1.807) is 48.7 Å². The van der Waals surface area contributed by atoms with E-state index in [9.17, 15) is 17.6 Å². The molecule has 0 bridgehead atoms. The van der Waals surface area contributed by atoms with Crippen molar-refractivity contribution in [3.63, 3.8) is 0 Å². The summed E-state index contributed by atoms with van der Waals surface area (Å²) >= 11 is 5.96. The lowest BCUT2D eigenvalue weighted by Gasteiger charge is -2.25. The Morgan fingerprint density at radius 1 is 1.19 bits per heavy atom. The highest BCUT2D eigenvalue weighted by molar-refractivity contribution is 7.89. The molecule has 9 heteroatoms. The van der Waals surface area contributed by atoms with Gasteiger partial charge in [0.2, 0.25) is 0 Å². The first-order valence-electron chi connectivity index (χ1n) is 9.56. The second-order valence-corrected chi connectivity index (χ2v) is 9.24. The molecule has 0 saturated heterocycles. The Hall–Kier alpha value is -2.94. The van der Waals surface area contributed by atoms with Gasteiger partial charge in [0.1, 0.15) is 5.82 Å². The van der Waals surface area contributed by atoms with E-state index >= 15 is 0 Å². The second kappa shape index (κ2) is 8.30. The predicted molar refractivity (Wildman–Crippen MR) is 116 cm³/mol. The monoisotopic (exact) mass is 459 g/mol. The first-order valence-corrected chi connectivity index (χ1v) is 11.4. The van der Waals surface area contributed by atoms with Gasteiger partial charge in [0.25, 0.3) is 15.9 Å². The number of nitrogens with one attached hydrogen (secondary N) is 2. The lowest BCUT2D eigenvalue weighted by Crippen LogP contribution is -2.43. The fourth-order valence-electron chi connectivity index (χ4n) is 3.38. The predicted octanol–water partition coefficient (Wildman–Crippen LogP) is 3.69. The molecule has 1 aliphatic carbocycles. The molecule has 1 unspecified atom stereocenters. The van der Waals surface area contributed by atoms with Crippen molar-refractivity contribution in [2.45, 2.75) is 24.3 Å². The molecule has 1 heterocycles. The first kappa shape index (κ1) is 21.3. The summed E-state index contributed by atoms with van der Waals surface area (Å²) in [5, 5.41) is 2.58. The molecule has 0 fully saturated rings. The summed E-state index contributed by atoms with van der Waals surface area (Å²) in [5.74, 6) is -1.46. The van der Waals surface area contributed by atoms with Crippen LogP contribution in [0.4, 0.5) is 4.39 Å². The number of carbonyl (C=O) groups excluding carboxylic acids is 1. The molecule has 1 atom stereocenters. The number of amides is 1. The number of halogens is 2. The van der Waals surface area contributed by atoms with Crippen molar-refractivity contribution in [3.8, 4) is 0 Å². The summed E-state index contributed by atoms with van der Waals surface area (Å²) < 4.78 is 41.5. The molecule has 0 saturated carbocycles. The summed E-state index contributed by atoms with van der Waals surface area (Å²) in [7, 11) is -3.85. The first-order chi connectivity index (χ1) is 14.8. The molecule has 6 nitrogen and oxygen atoms in total. The van der Waals surface area contributed by atoms with E-state index in [1.165, 1.54) is 12.1 Å². The van der Waals surface area contributed by atoms with Gasteiger partial charge in [0, 0.05) is 11.9 Å². The molecule has 160 valence electrons. The summed E-state index contributed by atoms with van der Waals surface area (Å²) in [4.78, 5) is 12.7. The van der Waals surface area contributed by atoms with Crippen LogP contribution in [-0.4, -0.2) is 24.8 Å². The fraction of sp³-hybridized carbons (Fsp3) is 0.136. The summed E-state index contributed by atoms with van der Waals surface area (Å²) in [6.45, 7) is 1.99. The Morgan fingerprint density at radius 3 is 2.61 bits per heavy atom. The SMILES string of the molecule is CCc1ccc(S(=O)(=O)N2NC=C3C=CC(NC(=O)c4c(F)cccc4Cl)=CC32)cc1. The van der Waals surface area contributed by atoms with Crippen LogP contribution in [0.25, 0.3) is 0 Å². The number of sulfonamides is 1. The number of benzene rings is 2. The topological polar surface area (TPSA) is 78.5 Å². The molecule has 31 heavy (non-hydrogen) atoms. The van der Waals surface area contributed by atoms with E-state index in [0.29, 0.717) is 11.3 Å². The van der Waals surface area contributed by atoms with Crippen LogP contribution in [0.15, 0.2) is 83.1 Å². The largest absolute Gasteiger partial charge is 0.322 e. The highest BCUT2D eigenvalue weighted by Gasteiger charge is 2.37. The van der Waals surface area contributed by atoms with Crippen LogP contribution in [0.3, 0.4) is 0 Å². The zero-order chi connectivity index (χ0) is 22.2. The third kappa shape index (κ3) is 4.01. The van der Waals surface area contributed by atoms with Gasteiger partial charge in [0.05, 0.1) is 21.5 Å². The van der Waals surface area contributed by atoms with Gasteiger partial charge in [-0.2, -0.15) is 0 Å². The zero-order valence-electron chi connectivity index (χ0n) is 16.5. The molecule has 0 radical (unpaired) electrons. The van der Waals surface area contributed by atoms with Gasteiger partial charge in [0.15, 0.2) is 0 Å². The smallest absolute Gasteiger partial charge is 0.260 e. The molecule has 0 spiro atoms. The number of rotatable bonds is 5. The van der Waals surface area contributed by atoms with Gasteiger partial charge in [-0.05, 0) is 54.0 Å². The number of aryl methyl sites for hydroxylation is 1. The Labute approximate surface area is 184 Å². The molecule has 2 aromatic carbocycles. The van der Waals surface area contributed by atoms with E-state index in [-0.39, 0.29) is 15.5 Å². The van der Waals surface area contributed by atoms with Crippen molar-refractivity contribution in [3.05, 3.63) is 100 Å².